The van der Waals surface area contributed by atoms with Crippen LogP contribution in [0.4, 0.5) is 15.8 Å². The van der Waals surface area contributed by atoms with Crippen LogP contribution in [0.25, 0.3) is 0 Å². The number of aromatic nitrogens is 1. The maximum absolute atomic E-state index is 14.6. The predicted octanol–water partition coefficient (Wildman–Crippen LogP) is 5.31. The van der Waals surface area contributed by atoms with Crippen molar-refractivity contribution in [1.29, 1.82) is 0 Å². The smallest absolute Gasteiger partial charge is 0.233 e. The lowest BCUT2D eigenvalue weighted by molar-refractivity contribution is -0.123. The van der Waals surface area contributed by atoms with E-state index in [-0.39, 0.29) is 11.4 Å². The summed E-state index contributed by atoms with van der Waals surface area (Å²) in [5, 5.41) is 5.54. The zero-order valence-electron chi connectivity index (χ0n) is 17.1. The van der Waals surface area contributed by atoms with Gasteiger partial charge >= 0.3 is 0 Å². The van der Waals surface area contributed by atoms with Crippen LogP contribution in [0.5, 0.6) is 11.5 Å². The molecule has 0 saturated heterocycles. The number of halogens is 1. The fourth-order valence-corrected chi connectivity index (χ4v) is 4.60. The number of hydrogen-bond donors (Lipinski definition) is 3. The first-order valence-electron chi connectivity index (χ1n) is 9.88. The average Bonchev–Trinajstić information content (AvgIpc) is 3.13. The van der Waals surface area contributed by atoms with Crippen LogP contribution < -0.4 is 15.4 Å². The first kappa shape index (κ1) is 22.2. The largest absolute Gasteiger partial charge is 0.453 e. The topological polar surface area (TPSA) is 80.3 Å². The van der Waals surface area contributed by atoms with Crippen LogP contribution in [0.1, 0.15) is 19.0 Å². The summed E-state index contributed by atoms with van der Waals surface area (Å²) in [6.07, 6.45) is 2.08. The molecule has 9 heteroatoms. The third-order valence-electron chi connectivity index (χ3n) is 4.68. The van der Waals surface area contributed by atoms with Gasteiger partial charge in [-0.05, 0) is 24.3 Å². The standard InChI is InChI=1S/C23H20FN3O3S2/c1-13-10-17-23(32-13)19(8-9-25-17)30-18-7-6-14(11-15(18)24)26-21(28)12-22(29)27-16-4-2-3-5-20(16)31/h2-9,11,13,31H,10,12H2,1H3,(H,26,28)(H,27,29). The average molecular weight is 470 g/mol. The fraction of sp³-hybridized carbons (Fsp3) is 0.174. The number of thiol groups is 1. The van der Waals surface area contributed by atoms with Gasteiger partial charge in [-0.2, -0.15) is 0 Å². The van der Waals surface area contributed by atoms with Gasteiger partial charge in [0.15, 0.2) is 11.6 Å². The van der Waals surface area contributed by atoms with Crippen molar-refractivity contribution in [3.8, 4) is 11.5 Å². The molecular weight excluding hydrogens is 449 g/mol. The molecule has 0 spiro atoms. The highest BCUT2D eigenvalue weighted by Crippen LogP contribution is 2.43. The lowest BCUT2D eigenvalue weighted by atomic mass is 10.2. The Morgan fingerprint density at radius 3 is 2.72 bits per heavy atom. The van der Waals surface area contributed by atoms with E-state index in [1.54, 1.807) is 48.3 Å². The van der Waals surface area contributed by atoms with Crippen LogP contribution >= 0.6 is 24.4 Å². The van der Waals surface area contributed by atoms with E-state index in [0.29, 0.717) is 21.6 Å². The van der Waals surface area contributed by atoms with E-state index in [0.717, 1.165) is 23.1 Å². The Kier molecular flexibility index (Phi) is 6.66. The molecular formula is C23H20FN3O3S2. The van der Waals surface area contributed by atoms with Gasteiger partial charge in [-0.1, -0.05) is 19.1 Å². The van der Waals surface area contributed by atoms with Crippen LogP contribution in [0.15, 0.2) is 64.5 Å². The molecule has 1 unspecified atom stereocenters. The van der Waals surface area contributed by atoms with Gasteiger partial charge < -0.3 is 15.4 Å². The Bertz CT molecular complexity index is 1190. The molecule has 2 amide bonds. The summed E-state index contributed by atoms with van der Waals surface area (Å²) in [6, 6.07) is 12.8. The number of carbonyl (C=O) groups excluding carboxylic acids is 2. The number of rotatable bonds is 6. The Morgan fingerprint density at radius 1 is 1.16 bits per heavy atom. The van der Waals surface area contributed by atoms with Gasteiger partial charge in [-0.25, -0.2) is 4.39 Å². The second-order valence-electron chi connectivity index (χ2n) is 7.26. The minimum absolute atomic E-state index is 0.0414. The number of thioether (sulfide) groups is 1. The van der Waals surface area contributed by atoms with Crippen molar-refractivity contribution in [2.24, 2.45) is 0 Å². The SMILES string of the molecule is CC1Cc2nccc(Oc3ccc(NC(=O)CC(=O)Nc4ccccc4S)cc3F)c2S1. The molecule has 0 saturated carbocycles. The van der Waals surface area contributed by atoms with E-state index in [1.807, 2.05) is 0 Å². The summed E-state index contributed by atoms with van der Waals surface area (Å²) in [5.74, 6) is -1.09. The number of hydrogen-bond acceptors (Lipinski definition) is 6. The second kappa shape index (κ2) is 9.62. The molecule has 164 valence electrons. The number of ether oxygens (including phenoxy) is 1. The van der Waals surface area contributed by atoms with Crippen LogP contribution in [-0.2, 0) is 16.0 Å². The van der Waals surface area contributed by atoms with Crippen molar-refractivity contribution in [2.45, 2.75) is 34.8 Å². The van der Waals surface area contributed by atoms with Gasteiger partial charge in [0.2, 0.25) is 11.8 Å². The summed E-state index contributed by atoms with van der Waals surface area (Å²) in [4.78, 5) is 30.2. The molecule has 1 aliphatic heterocycles. The number of benzene rings is 2. The molecule has 2 N–H and O–H groups in total. The number of fused-ring (bicyclic) bond motifs is 1. The highest BCUT2D eigenvalue weighted by Gasteiger charge is 2.24. The number of para-hydroxylation sites is 1. The molecule has 1 aliphatic rings. The van der Waals surface area contributed by atoms with Crippen molar-refractivity contribution >= 4 is 47.6 Å². The van der Waals surface area contributed by atoms with Gasteiger partial charge in [0.1, 0.15) is 12.2 Å². The molecule has 0 radical (unpaired) electrons. The molecule has 0 aliphatic carbocycles. The summed E-state index contributed by atoms with van der Waals surface area (Å²) in [6.45, 7) is 2.10. The number of pyridine rings is 1. The van der Waals surface area contributed by atoms with Crippen molar-refractivity contribution < 1.29 is 18.7 Å². The quantitative estimate of drug-likeness (QED) is 0.337. The number of nitrogens with zero attached hydrogens (tertiary/aromatic N) is 1. The molecule has 32 heavy (non-hydrogen) atoms. The van der Waals surface area contributed by atoms with E-state index < -0.39 is 24.1 Å². The first-order valence-corrected chi connectivity index (χ1v) is 11.2. The fourth-order valence-electron chi connectivity index (χ4n) is 3.24. The van der Waals surface area contributed by atoms with Crippen molar-refractivity contribution in [3.63, 3.8) is 0 Å². The summed E-state index contributed by atoms with van der Waals surface area (Å²) >= 11 is 5.90. The predicted molar refractivity (Wildman–Crippen MR) is 125 cm³/mol. The third-order valence-corrected chi connectivity index (χ3v) is 6.31. The van der Waals surface area contributed by atoms with Gasteiger partial charge in [0.05, 0.1) is 16.3 Å². The Hall–Kier alpha value is -3.04. The Balaban J connectivity index is 1.37. The maximum atomic E-state index is 14.6. The van der Waals surface area contributed by atoms with Crippen molar-refractivity contribution in [2.75, 3.05) is 10.6 Å². The summed E-state index contributed by atoms with van der Waals surface area (Å²) in [5.41, 5.74) is 1.68. The van der Waals surface area contributed by atoms with E-state index in [1.165, 1.54) is 12.1 Å². The van der Waals surface area contributed by atoms with Crippen LogP contribution in [0.2, 0.25) is 0 Å². The van der Waals surface area contributed by atoms with Gasteiger partial charge in [0.25, 0.3) is 0 Å². The number of carbonyl (C=O) groups is 2. The zero-order valence-corrected chi connectivity index (χ0v) is 18.8. The normalized spacial score (nSPS) is 14.5. The van der Waals surface area contributed by atoms with E-state index >= 15 is 0 Å². The molecule has 2 aromatic carbocycles. The molecule has 1 aromatic heterocycles. The van der Waals surface area contributed by atoms with Crippen LogP contribution in [0, 0.1) is 5.82 Å². The number of nitrogens with one attached hydrogen (secondary N) is 2. The second-order valence-corrected chi connectivity index (χ2v) is 9.19. The van der Waals surface area contributed by atoms with E-state index in [2.05, 4.69) is 35.2 Å². The summed E-state index contributed by atoms with van der Waals surface area (Å²) in [7, 11) is 0. The molecule has 3 aromatic rings. The molecule has 2 heterocycles. The first-order chi connectivity index (χ1) is 15.4. The van der Waals surface area contributed by atoms with Crippen molar-refractivity contribution in [3.05, 3.63) is 66.2 Å². The Morgan fingerprint density at radius 2 is 1.94 bits per heavy atom. The lowest BCUT2D eigenvalue weighted by Gasteiger charge is -2.12. The molecule has 1 atom stereocenters. The Labute approximate surface area is 194 Å². The zero-order chi connectivity index (χ0) is 22.7. The van der Waals surface area contributed by atoms with E-state index in [9.17, 15) is 14.0 Å². The van der Waals surface area contributed by atoms with Crippen molar-refractivity contribution in [1.82, 2.24) is 4.98 Å². The molecule has 0 fully saturated rings. The molecule has 0 bridgehead atoms. The van der Waals surface area contributed by atoms with E-state index in [4.69, 9.17) is 4.74 Å². The molecule has 4 rings (SSSR count). The minimum Gasteiger partial charge on any atom is -0.453 e. The van der Waals surface area contributed by atoms with Crippen LogP contribution in [0.3, 0.4) is 0 Å². The van der Waals surface area contributed by atoms with Gasteiger partial charge in [0, 0.05) is 40.6 Å². The van der Waals surface area contributed by atoms with Gasteiger partial charge in [-0.15, -0.1) is 24.4 Å². The number of amides is 2. The third kappa shape index (κ3) is 5.23. The minimum atomic E-state index is -0.627. The summed E-state index contributed by atoms with van der Waals surface area (Å²) < 4.78 is 20.4. The molecule has 6 nitrogen and oxygen atoms in total. The van der Waals surface area contributed by atoms with Gasteiger partial charge in [-0.3, -0.25) is 14.6 Å². The monoisotopic (exact) mass is 469 g/mol. The lowest BCUT2D eigenvalue weighted by Crippen LogP contribution is -2.21. The highest BCUT2D eigenvalue weighted by molar-refractivity contribution is 8.00. The maximum Gasteiger partial charge on any atom is 0.233 e. The number of anilines is 2. The highest BCUT2D eigenvalue weighted by atomic mass is 32.2. The van der Waals surface area contributed by atoms with Crippen LogP contribution in [-0.4, -0.2) is 22.0 Å².